The number of methoxy groups -OCH3 is 1. The van der Waals surface area contributed by atoms with Crippen LogP contribution in [0.3, 0.4) is 0 Å². The number of halogens is 1. The van der Waals surface area contributed by atoms with Gasteiger partial charge in [-0.15, -0.1) is 11.3 Å². The highest BCUT2D eigenvalue weighted by atomic mass is 79.9. The molecule has 3 heterocycles. The number of nitrogens with zero attached hydrogens (tertiary/aromatic N) is 3. The average molecular weight is 432 g/mol. The van der Waals surface area contributed by atoms with E-state index in [-0.39, 0.29) is 0 Å². The largest absolute Gasteiger partial charge is 0.496 e. The zero-order chi connectivity index (χ0) is 17.2. The monoisotopic (exact) mass is 431 g/mol. The van der Waals surface area contributed by atoms with E-state index in [0.29, 0.717) is 0 Å². The Morgan fingerprint density at radius 1 is 1.28 bits per heavy atom. The molecule has 7 heteroatoms. The molecule has 4 nitrogen and oxygen atoms in total. The second kappa shape index (κ2) is 7.19. The quantitative estimate of drug-likeness (QED) is 0.389. The van der Waals surface area contributed by atoms with Crippen molar-refractivity contribution < 1.29 is 4.74 Å². The lowest BCUT2D eigenvalue weighted by molar-refractivity contribution is 0.416. The van der Waals surface area contributed by atoms with Gasteiger partial charge in [0.1, 0.15) is 10.8 Å². The Bertz CT molecular complexity index is 1030. The van der Waals surface area contributed by atoms with E-state index in [4.69, 9.17) is 9.72 Å². The fourth-order valence-corrected chi connectivity index (χ4v) is 4.67. The maximum atomic E-state index is 5.46. The van der Waals surface area contributed by atoms with Gasteiger partial charge in [-0.2, -0.15) is 0 Å². The molecule has 0 unspecified atom stereocenters. The summed E-state index contributed by atoms with van der Waals surface area (Å²) in [4.78, 5) is 9.26. The molecule has 4 aromatic rings. The molecule has 0 fully saturated rings. The van der Waals surface area contributed by atoms with Crippen molar-refractivity contribution in [3.05, 3.63) is 64.3 Å². The first-order valence-corrected chi connectivity index (χ1v) is 10.2. The first kappa shape index (κ1) is 16.6. The molecule has 0 aliphatic rings. The predicted octanol–water partition coefficient (Wildman–Crippen LogP) is 5.52. The van der Waals surface area contributed by atoms with Crippen LogP contribution in [0.4, 0.5) is 0 Å². The Morgan fingerprint density at radius 2 is 2.20 bits per heavy atom. The normalized spacial score (nSPS) is 11.1. The predicted molar refractivity (Wildman–Crippen MR) is 107 cm³/mol. The number of aromatic nitrogens is 3. The number of hydrogen-bond donors (Lipinski definition) is 0. The number of thioether (sulfide) groups is 1. The number of thiazole rings is 1. The molecule has 0 radical (unpaired) electrons. The van der Waals surface area contributed by atoms with Crippen LogP contribution in [-0.2, 0) is 5.75 Å². The molecule has 25 heavy (non-hydrogen) atoms. The van der Waals surface area contributed by atoms with Crippen LogP contribution in [0.1, 0.15) is 5.69 Å². The van der Waals surface area contributed by atoms with E-state index in [9.17, 15) is 0 Å². The number of pyridine rings is 1. The van der Waals surface area contributed by atoms with Crippen molar-refractivity contribution in [2.24, 2.45) is 0 Å². The minimum atomic E-state index is 0.779. The minimum absolute atomic E-state index is 0.779. The molecule has 0 saturated heterocycles. The highest BCUT2D eigenvalue weighted by Gasteiger charge is 2.12. The molecule has 0 atom stereocenters. The minimum Gasteiger partial charge on any atom is -0.496 e. The SMILES string of the molecule is COc1ccc(Br)cc1-c1nc(CSc2ncc3ccccn23)cs1. The maximum Gasteiger partial charge on any atom is 0.172 e. The standard InChI is InChI=1S/C18H14BrN3OS2/c1-23-16-6-5-12(19)8-15(16)17-21-13(10-24-17)11-25-18-20-9-14-4-2-3-7-22(14)18/h2-10H,11H2,1H3. The fraction of sp³-hybridized carbons (Fsp3) is 0.111. The summed E-state index contributed by atoms with van der Waals surface area (Å²) >= 11 is 6.83. The highest BCUT2D eigenvalue weighted by molar-refractivity contribution is 9.10. The Balaban J connectivity index is 1.55. The summed E-state index contributed by atoms with van der Waals surface area (Å²) in [6, 6.07) is 12.0. The highest BCUT2D eigenvalue weighted by Crippen LogP contribution is 2.35. The van der Waals surface area contributed by atoms with Gasteiger partial charge >= 0.3 is 0 Å². The van der Waals surface area contributed by atoms with Crippen LogP contribution >= 0.6 is 39.0 Å². The topological polar surface area (TPSA) is 39.4 Å². The van der Waals surface area contributed by atoms with Crippen LogP contribution in [0.25, 0.3) is 16.1 Å². The van der Waals surface area contributed by atoms with Gasteiger partial charge in [0.05, 0.1) is 30.1 Å². The molecular formula is C18H14BrN3OS2. The number of imidazole rings is 1. The lowest BCUT2D eigenvalue weighted by Gasteiger charge is -2.06. The van der Waals surface area contributed by atoms with Gasteiger partial charge in [0.2, 0.25) is 0 Å². The Hall–Kier alpha value is -1.83. The van der Waals surface area contributed by atoms with Gasteiger partial charge in [-0.05, 0) is 30.3 Å². The van der Waals surface area contributed by atoms with Crippen molar-refractivity contribution in [3.63, 3.8) is 0 Å². The zero-order valence-electron chi connectivity index (χ0n) is 13.3. The van der Waals surface area contributed by atoms with Crippen molar-refractivity contribution >= 4 is 44.5 Å². The van der Waals surface area contributed by atoms with Crippen LogP contribution in [0.15, 0.2) is 63.8 Å². The van der Waals surface area contributed by atoms with Crippen LogP contribution in [-0.4, -0.2) is 21.5 Å². The van der Waals surface area contributed by atoms with Crippen molar-refractivity contribution in [1.29, 1.82) is 0 Å². The molecule has 0 bridgehead atoms. The van der Waals surface area contributed by atoms with E-state index < -0.39 is 0 Å². The van der Waals surface area contributed by atoms with E-state index in [2.05, 4.69) is 36.8 Å². The number of ether oxygens (including phenoxy) is 1. The van der Waals surface area contributed by atoms with Gasteiger partial charge in [-0.1, -0.05) is 33.8 Å². The summed E-state index contributed by atoms with van der Waals surface area (Å²) in [6.07, 6.45) is 3.92. The smallest absolute Gasteiger partial charge is 0.172 e. The maximum absolute atomic E-state index is 5.46. The van der Waals surface area contributed by atoms with Crippen LogP contribution in [0, 0.1) is 0 Å². The van der Waals surface area contributed by atoms with E-state index in [1.54, 1.807) is 30.2 Å². The third kappa shape index (κ3) is 3.44. The first-order valence-electron chi connectivity index (χ1n) is 7.58. The van der Waals surface area contributed by atoms with Crippen LogP contribution in [0.5, 0.6) is 5.75 Å². The van der Waals surface area contributed by atoms with E-state index >= 15 is 0 Å². The molecule has 3 aromatic heterocycles. The molecule has 4 rings (SSSR count). The summed E-state index contributed by atoms with van der Waals surface area (Å²) in [6.45, 7) is 0. The summed E-state index contributed by atoms with van der Waals surface area (Å²) in [5.74, 6) is 1.61. The summed E-state index contributed by atoms with van der Waals surface area (Å²) in [7, 11) is 1.68. The van der Waals surface area contributed by atoms with Gasteiger partial charge < -0.3 is 4.74 Å². The van der Waals surface area contributed by atoms with Crippen molar-refractivity contribution in [2.45, 2.75) is 10.9 Å². The Morgan fingerprint density at radius 3 is 3.08 bits per heavy atom. The molecular weight excluding hydrogens is 418 g/mol. The molecule has 0 amide bonds. The van der Waals surface area contributed by atoms with Crippen LogP contribution < -0.4 is 4.74 Å². The first-order chi connectivity index (χ1) is 12.2. The van der Waals surface area contributed by atoms with Gasteiger partial charge in [-0.3, -0.25) is 4.40 Å². The average Bonchev–Trinajstić information content (AvgIpc) is 3.27. The van der Waals surface area contributed by atoms with Crippen molar-refractivity contribution in [2.75, 3.05) is 7.11 Å². The van der Waals surface area contributed by atoms with Crippen molar-refractivity contribution in [3.8, 4) is 16.3 Å². The van der Waals surface area contributed by atoms with Gasteiger partial charge in [0.25, 0.3) is 0 Å². The molecule has 0 aliphatic heterocycles. The van der Waals surface area contributed by atoms with Gasteiger partial charge in [0, 0.05) is 21.8 Å². The summed E-state index contributed by atoms with van der Waals surface area (Å²) in [5, 5.41) is 4.03. The van der Waals surface area contributed by atoms with Gasteiger partial charge in [-0.25, -0.2) is 9.97 Å². The number of rotatable bonds is 5. The number of hydrogen-bond acceptors (Lipinski definition) is 5. The number of benzene rings is 1. The second-order valence-electron chi connectivity index (χ2n) is 5.31. The third-order valence-corrected chi connectivity index (χ3v) is 6.12. The molecule has 0 spiro atoms. The van der Waals surface area contributed by atoms with Gasteiger partial charge in [0.15, 0.2) is 5.16 Å². The zero-order valence-corrected chi connectivity index (χ0v) is 16.6. The van der Waals surface area contributed by atoms with Crippen LogP contribution in [0.2, 0.25) is 0 Å². The number of fused-ring (bicyclic) bond motifs is 1. The molecule has 0 aliphatic carbocycles. The lowest BCUT2D eigenvalue weighted by Crippen LogP contribution is -1.89. The van der Waals surface area contributed by atoms with Crippen molar-refractivity contribution in [1.82, 2.24) is 14.4 Å². The molecule has 0 saturated carbocycles. The lowest BCUT2D eigenvalue weighted by atomic mass is 10.2. The molecule has 0 N–H and O–H groups in total. The second-order valence-corrected chi connectivity index (χ2v) is 8.03. The molecule has 1 aromatic carbocycles. The third-order valence-electron chi connectivity index (χ3n) is 3.70. The Kier molecular flexibility index (Phi) is 4.78. The van der Waals surface area contributed by atoms with E-state index in [1.807, 2.05) is 42.7 Å². The van der Waals surface area contributed by atoms with E-state index in [1.165, 1.54) is 0 Å². The summed E-state index contributed by atoms with van der Waals surface area (Å²) < 4.78 is 8.56. The fourth-order valence-electron chi connectivity index (χ4n) is 2.51. The van der Waals surface area contributed by atoms with E-state index in [0.717, 1.165) is 42.9 Å². The molecule has 126 valence electrons. The summed E-state index contributed by atoms with van der Waals surface area (Å²) in [5.41, 5.74) is 3.15. The Labute approximate surface area is 162 Å².